The predicted molar refractivity (Wildman–Crippen MR) is 47.5 cm³/mol. The normalized spacial score (nSPS) is 38.9. The quantitative estimate of drug-likeness (QED) is 0.490. The van der Waals surface area contributed by atoms with E-state index in [4.69, 9.17) is 0 Å². The molecule has 0 saturated carbocycles. The number of rotatable bonds is 0. The highest BCUT2D eigenvalue weighted by molar-refractivity contribution is 5.78. The minimum absolute atomic E-state index is 0.154. The number of amides is 1. The highest BCUT2D eigenvalue weighted by atomic mass is 16.2. The van der Waals surface area contributed by atoms with Gasteiger partial charge in [0.1, 0.15) is 0 Å². The summed E-state index contributed by atoms with van der Waals surface area (Å²) in [6.07, 6.45) is 12.1. The fourth-order valence-electron chi connectivity index (χ4n) is 1.59. The van der Waals surface area contributed by atoms with Gasteiger partial charge >= 0.3 is 0 Å². The third-order valence-electron chi connectivity index (χ3n) is 2.22. The third-order valence-corrected chi connectivity index (χ3v) is 2.22. The molecule has 1 aliphatic heterocycles. The molecule has 2 rings (SSSR count). The summed E-state index contributed by atoms with van der Waals surface area (Å²) in [6, 6.07) is 0.618. The van der Waals surface area contributed by atoms with Crippen molar-refractivity contribution in [2.24, 2.45) is 0 Å². The van der Waals surface area contributed by atoms with E-state index in [0.29, 0.717) is 12.1 Å². The van der Waals surface area contributed by atoms with E-state index in [-0.39, 0.29) is 5.91 Å². The van der Waals surface area contributed by atoms with Crippen LogP contribution in [0.2, 0.25) is 0 Å². The molecule has 1 saturated heterocycles. The van der Waals surface area contributed by atoms with Gasteiger partial charge < -0.3 is 4.90 Å². The third kappa shape index (κ3) is 1.09. The molecule has 1 amide bonds. The van der Waals surface area contributed by atoms with Crippen molar-refractivity contribution in [3.05, 3.63) is 36.5 Å². The first-order valence-electron chi connectivity index (χ1n) is 4.11. The number of carbonyl (C=O) groups excluding carboxylic acids is 1. The van der Waals surface area contributed by atoms with Crippen LogP contribution in [0.3, 0.4) is 0 Å². The van der Waals surface area contributed by atoms with Gasteiger partial charge in [-0.3, -0.25) is 4.79 Å². The summed E-state index contributed by atoms with van der Waals surface area (Å²) < 4.78 is 0. The molecule has 1 heterocycles. The van der Waals surface area contributed by atoms with E-state index in [1.165, 1.54) is 0 Å². The van der Waals surface area contributed by atoms with Gasteiger partial charge in [0.2, 0.25) is 5.91 Å². The van der Waals surface area contributed by atoms with E-state index in [9.17, 15) is 4.79 Å². The number of hydrogen-bond donors (Lipinski definition) is 0. The van der Waals surface area contributed by atoms with Crippen molar-refractivity contribution in [1.82, 2.24) is 4.90 Å². The molecule has 0 aromatic heterocycles. The van der Waals surface area contributed by atoms with Gasteiger partial charge in [0.15, 0.2) is 0 Å². The van der Waals surface area contributed by atoms with Crippen LogP contribution in [0.25, 0.3) is 0 Å². The standard InChI is InChI=1S/C10H11NO/c1-8(12)11-9-6-4-2-3-5-7-10(9)11/h2-7,9-10H,1H3/b3-2-,6-4-,7-5-. The van der Waals surface area contributed by atoms with Crippen molar-refractivity contribution < 1.29 is 4.79 Å². The van der Waals surface area contributed by atoms with Crippen molar-refractivity contribution in [3.63, 3.8) is 0 Å². The maximum atomic E-state index is 11.0. The van der Waals surface area contributed by atoms with Crippen LogP contribution in [0, 0.1) is 0 Å². The average Bonchev–Trinajstić information content (AvgIpc) is 2.60. The molecule has 0 radical (unpaired) electrons. The molecule has 2 aliphatic rings. The zero-order valence-corrected chi connectivity index (χ0v) is 6.97. The van der Waals surface area contributed by atoms with Crippen LogP contribution in [-0.4, -0.2) is 22.9 Å². The van der Waals surface area contributed by atoms with Crippen LogP contribution >= 0.6 is 0 Å². The minimum atomic E-state index is 0.154. The van der Waals surface area contributed by atoms with Gasteiger partial charge in [0, 0.05) is 6.92 Å². The molecule has 2 unspecified atom stereocenters. The molecular weight excluding hydrogens is 150 g/mol. The molecule has 2 atom stereocenters. The van der Waals surface area contributed by atoms with Gasteiger partial charge in [-0.1, -0.05) is 36.5 Å². The molecule has 0 N–H and O–H groups in total. The Bertz CT molecular complexity index is 266. The van der Waals surface area contributed by atoms with Gasteiger partial charge in [0.05, 0.1) is 12.1 Å². The zero-order chi connectivity index (χ0) is 8.55. The summed E-state index contributed by atoms with van der Waals surface area (Å²) >= 11 is 0. The van der Waals surface area contributed by atoms with Crippen LogP contribution in [0.4, 0.5) is 0 Å². The first-order valence-corrected chi connectivity index (χ1v) is 4.11. The number of fused-ring (bicyclic) bond motifs is 1. The lowest BCUT2D eigenvalue weighted by molar-refractivity contribution is -0.124. The molecule has 2 nitrogen and oxygen atoms in total. The second kappa shape index (κ2) is 2.63. The second-order valence-electron chi connectivity index (χ2n) is 3.06. The number of hydrogen-bond acceptors (Lipinski definition) is 1. The molecule has 1 aliphatic carbocycles. The SMILES string of the molecule is CC(=O)N1C2\C=C/C=C\C=C/C21. The summed E-state index contributed by atoms with van der Waals surface area (Å²) in [5, 5.41) is 0. The molecule has 1 fully saturated rings. The Hall–Kier alpha value is -1.31. The Morgan fingerprint density at radius 3 is 2.00 bits per heavy atom. The first-order chi connectivity index (χ1) is 5.80. The van der Waals surface area contributed by atoms with Crippen LogP contribution in [-0.2, 0) is 4.79 Å². The van der Waals surface area contributed by atoms with Crippen molar-refractivity contribution in [2.75, 3.05) is 0 Å². The van der Waals surface area contributed by atoms with Crippen LogP contribution in [0.15, 0.2) is 36.5 Å². The fourth-order valence-corrected chi connectivity index (χ4v) is 1.59. The Balaban J connectivity index is 2.17. The Kier molecular flexibility index (Phi) is 1.61. The Morgan fingerprint density at radius 2 is 1.58 bits per heavy atom. The van der Waals surface area contributed by atoms with E-state index in [1.54, 1.807) is 6.92 Å². The van der Waals surface area contributed by atoms with Gasteiger partial charge in [-0.2, -0.15) is 0 Å². The van der Waals surface area contributed by atoms with Gasteiger partial charge in [0.25, 0.3) is 0 Å². The van der Waals surface area contributed by atoms with Crippen molar-refractivity contribution in [2.45, 2.75) is 19.0 Å². The first kappa shape index (κ1) is 7.35. The number of nitrogens with zero attached hydrogens (tertiary/aromatic N) is 1. The number of allylic oxidation sites excluding steroid dienone is 4. The Labute approximate surface area is 71.9 Å². The minimum Gasteiger partial charge on any atom is -0.325 e. The number of carbonyl (C=O) groups is 1. The molecule has 0 aromatic rings. The molecule has 0 aromatic carbocycles. The lowest BCUT2D eigenvalue weighted by atomic mass is 10.2. The highest BCUT2D eigenvalue weighted by Crippen LogP contribution is 2.31. The van der Waals surface area contributed by atoms with Gasteiger partial charge in [-0.05, 0) is 0 Å². The van der Waals surface area contributed by atoms with E-state index < -0.39 is 0 Å². The smallest absolute Gasteiger partial charge is 0.220 e. The van der Waals surface area contributed by atoms with Crippen LogP contribution < -0.4 is 0 Å². The van der Waals surface area contributed by atoms with Crippen LogP contribution in [0.5, 0.6) is 0 Å². The lowest BCUT2D eigenvalue weighted by Gasteiger charge is -1.93. The molecule has 12 heavy (non-hydrogen) atoms. The maximum Gasteiger partial charge on any atom is 0.220 e. The summed E-state index contributed by atoms with van der Waals surface area (Å²) in [5.41, 5.74) is 0. The highest BCUT2D eigenvalue weighted by Gasteiger charge is 2.45. The van der Waals surface area contributed by atoms with Gasteiger partial charge in [-0.25, -0.2) is 0 Å². The predicted octanol–water partition coefficient (Wildman–Crippen LogP) is 1.27. The monoisotopic (exact) mass is 161 g/mol. The van der Waals surface area contributed by atoms with Gasteiger partial charge in [-0.15, -0.1) is 0 Å². The molecular formula is C10H11NO. The van der Waals surface area contributed by atoms with Crippen molar-refractivity contribution in [3.8, 4) is 0 Å². The molecule has 0 bridgehead atoms. The fraction of sp³-hybridized carbons (Fsp3) is 0.300. The van der Waals surface area contributed by atoms with Crippen molar-refractivity contribution in [1.29, 1.82) is 0 Å². The van der Waals surface area contributed by atoms with Crippen LogP contribution in [0.1, 0.15) is 6.92 Å². The van der Waals surface area contributed by atoms with Crippen molar-refractivity contribution >= 4 is 5.91 Å². The molecule has 0 spiro atoms. The average molecular weight is 161 g/mol. The Morgan fingerprint density at radius 1 is 1.08 bits per heavy atom. The molecule has 2 heteroatoms. The summed E-state index contributed by atoms with van der Waals surface area (Å²) in [6.45, 7) is 1.61. The van der Waals surface area contributed by atoms with E-state index in [2.05, 4.69) is 12.2 Å². The second-order valence-corrected chi connectivity index (χ2v) is 3.06. The largest absolute Gasteiger partial charge is 0.325 e. The van der Waals surface area contributed by atoms with E-state index in [1.807, 2.05) is 29.2 Å². The van der Waals surface area contributed by atoms with E-state index in [0.717, 1.165) is 0 Å². The maximum absolute atomic E-state index is 11.0. The topological polar surface area (TPSA) is 20.1 Å². The summed E-state index contributed by atoms with van der Waals surface area (Å²) in [5.74, 6) is 0.154. The zero-order valence-electron chi connectivity index (χ0n) is 6.97. The summed E-state index contributed by atoms with van der Waals surface area (Å²) in [7, 11) is 0. The molecule has 62 valence electrons. The summed E-state index contributed by atoms with van der Waals surface area (Å²) in [4.78, 5) is 12.9. The van der Waals surface area contributed by atoms with E-state index >= 15 is 0 Å². The lowest BCUT2D eigenvalue weighted by Crippen LogP contribution is -2.08.